The number of unbranched alkanes of at least 4 members (excludes halogenated alkanes) is 4. The van der Waals surface area contributed by atoms with E-state index in [0.29, 0.717) is 12.2 Å². The molecule has 2 unspecified atom stereocenters. The first-order chi connectivity index (χ1) is 11.8. The van der Waals surface area contributed by atoms with Crippen LogP contribution in [0.15, 0.2) is 0 Å². The Morgan fingerprint density at radius 2 is 1.62 bits per heavy atom. The lowest BCUT2D eigenvalue weighted by Crippen LogP contribution is -2.24. The first-order valence-corrected chi connectivity index (χ1v) is 10.7. The van der Waals surface area contributed by atoms with E-state index in [-0.39, 0.29) is 0 Å². The normalized spacial score (nSPS) is 25.1. The Labute approximate surface area is 150 Å². The molecule has 0 spiro atoms. The van der Waals surface area contributed by atoms with E-state index in [1.54, 1.807) is 0 Å². The predicted octanol–water partition coefficient (Wildman–Crippen LogP) is 5.03. The molecule has 0 amide bonds. The van der Waals surface area contributed by atoms with Crippen LogP contribution in [0.1, 0.15) is 84.5 Å². The number of hydrogen-bond donors (Lipinski definition) is 0. The van der Waals surface area contributed by atoms with Crippen molar-refractivity contribution in [3.63, 3.8) is 0 Å². The molecule has 2 fully saturated rings. The summed E-state index contributed by atoms with van der Waals surface area (Å²) < 4.78 is 11.8. The zero-order valence-electron chi connectivity index (χ0n) is 16.3. The minimum absolute atomic E-state index is 0.390. The number of hydrogen-bond acceptors (Lipinski definition) is 3. The van der Waals surface area contributed by atoms with Gasteiger partial charge in [-0.05, 0) is 71.4 Å². The van der Waals surface area contributed by atoms with Crippen LogP contribution in [0.2, 0.25) is 0 Å². The van der Waals surface area contributed by atoms with Crippen molar-refractivity contribution in [3.8, 4) is 0 Å². The van der Waals surface area contributed by atoms with Crippen molar-refractivity contribution in [1.82, 2.24) is 4.90 Å². The maximum Gasteiger partial charge on any atom is 0.0606 e. The summed E-state index contributed by atoms with van der Waals surface area (Å²) in [6, 6.07) is 0. The van der Waals surface area contributed by atoms with E-state index in [1.807, 2.05) is 0 Å². The van der Waals surface area contributed by atoms with E-state index in [2.05, 4.69) is 18.7 Å². The molecule has 1 heterocycles. The highest BCUT2D eigenvalue weighted by Crippen LogP contribution is 2.33. The van der Waals surface area contributed by atoms with E-state index < -0.39 is 0 Å². The minimum Gasteiger partial charge on any atom is -0.380 e. The highest BCUT2D eigenvalue weighted by Gasteiger charge is 2.27. The molecule has 0 bridgehead atoms. The van der Waals surface area contributed by atoms with Crippen LogP contribution in [0.4, 0.5) is 0 Å². The third-order valence-electron chi connectivity index (χ3n) is 5.65. The Morgan fingerprint density at radius 1 is 0.875 bits per heavy atom. The van der Waals surface area contributed by atoms with Gasteiger partial charge >= 0.3 is 0 Å². The maximum absolute atomic E-state index is 6.07. The fourth-order valence-electron chi connectivity index (χ4n) is 4.30. The minimum atomic E-state index is 0.390. The van der Waals surface area contributed by atoms with Crippen LogP contribution >= 0.6 is 0 Å². The van der Waals surface area contributed by atoms with Gasteiger partial charge in [0.1, 0.15) is 0 Å². The molecule has 1 saturated heterocycles. The average molecular weight is 340 g/mol. The fraction of sp³-hybridized carbons (Fsp3) is 1.00. The molecular weight excluding hydrogens is 298 g/mol. The number of rotatable bonds is 13. The van der Waals surface area contributed by atoms with E-state index in [0.717, 1.165) is 25.7 Å². The van der Waals surface area contributed by atoms with Crippen molar-refractivity contribution in [2.45, 2.75) is 96.7 Å². The van der Waals surface area contributed by atoms with Gasteiger partial charge in [-0.1, -0.05) is 32.1 Å². The molecule has 24 heavy (non-hydrogen) atoms. The summed E-state index contributed by atoms with van der Waals surface area (Å²) in [5, 5.41) is 0. The van der Waals surface area contributed by atoms with Gasteiger partial charge in [0, 0.05) is 13.2 Å². The molecule has 0 aromatic rings. The summed E-state index contributed by atoms with van der Waals surface area (Å²) >= 11 is 0. The zero-order valence-corrected chi connectivity index (χ0v) is 16.3. The zero-order chi connectivity index (χ0) is 17.0. The lowest BCUT2D eigenvalue weighted by atomic mass is 9.97. The van der Waals surface area contributed by atoms with Gasteiger partial charge in [0.25, 0.3) is 0 Å². The number of likely N-dealkylation sites (tertiary alicyclic amines) is 1. The van der Waals surface area contributed by atoms with Crippen LogP contribution in [0.3, 0.4) is 0 Å². The van der Waals surface area contributed by atoms with Gasteiger partial charge in [-0.3, -0.25) is 0 Å². The van der Waals surface area contributed by atoms with Crippen molar-refractivity contribution >= 4 is 0 Å². The lowest BCUT2D eigenvalue weighted by Gasteiger charge is -2.22. The van der Waals surface area contributed by atoms with Crippen molar-refractivity contribution in [3.05, 3.63) is 0 Å². The molecule has 1 aliphatic heterocycles. The summed E-state index contributed by atoms with van der Waals surface area (Å²) in [4.78, 5) is 2.53. The van der Waals surface area contributed by atoms with Gasteiger partial charge < -0.3 is 14.4 Å². The summed E-state index contributed by atoms with van der Waals surface area (Å²) in [7, 11) is 0. The quantitative estimate of drug-likeness (QED) is 0.439. The predicted molar refractivity (Wildman–Crippen MR) is 102 cm³/mol. The fourth-order valence-corrected chi connectivity index (χ4v) is 4.30. The average Bonchev–Trinajstić information content (AvgIpc) is 3.21. The molecule has 0 aromatic carbocycles. The standard InChI is InChI=1S/C21H41NO2/c1-19(2)24-21-13-10-12-20(21)11-6-4-3-5-9-17-23-18-16-22-14-7-8-15-22/h19-21H,3-18H2,1-2H3. The van der Waals surface area contributed by atoms with Crippen molar-refractivity contribution in [1.29, 1.82) is 0 Å². The molecule has 2 aliphatic rings. The van der Waals surface area contributed by atoms with Gasteiger partial charge in [-0.2, -0.15) is 0 Å². The van der Waals surface area contributed by atoms with Crippen LogP contribution < -0.4 is 0 Å². The largest absolute Gasteiger partial charge is 0.380 e. The van der Waals surface area contributed by atoms with Crippen molar-refractivity contribution in [2.24, 2.45) is 5.92 Å². The first kappa shape index (κ1) is 20.2. The number of nitrogens with zero attached hydrogens (tertiary/aromatic N) is 1. The van der Waals surface area contributed by atoms with Crippen molar-refractivity contribution in [2.75, 3.05) is 32.8 Å². The van der Waals surface area contributed by atoms with Gasteiger partial charge in [0.15, 0.2) is 0 Å². The molecule has 0 aromatic heterocycles. The Bertz CT molecular complexity index is 302. The Kier molecular flexibility index (Phi) is 10.3. The topological polar surface area (TPSA) is 21.7 Å². The molecule has 1 saturated carbocycles. The summed E-state index contributed by atoms with van der Waals surface area (Å²) in [6.07, 6.45) is 15.9. The van der Waals surface area contributed by atoms with E-state index in [1.165, 1.54) is 83.7 Å². The molecule has 1 aliphatic carbocycles. The molecule has 0 radical (unpaired) electrons. The Balaban J connectivity index is 1.35. The molecule has 0 N–H and O–H groups in total. The highest BCUT2D eigenvalue weighted by molar-refractivity contribution is 4.78. The Hall–Kier alpha value is -0.120. The molecule has 3 nitrogen and oxygen atoms in total. The Morgan fingerprint density at radius 3 is 2.42 bits per heavy atom. The van der Waals surface area contributed by atoms with Crippen LogP contribution in [-0.4, -0.2) is 50.0 Å². The highest BCUT2D eigenvalue weighted by atomic mass is 16.5. The first-order valence-electron chi connectivity index (χ1n) is 10.7. The summed E-state index contributed by atoms with van der Waals surface area (Å²) in [5.41, 5.74) is 0. The second kappa shape index (κ2) is 12.3. The van der Waals surface area contributed by atoms with E-state index >= 15 is 0 Å². The molecular formula is C21H41NO2. The van der Waals surface area contributed by atoms with E-state index in [9.17, 15) is 0 Å². The second-order valence-electron chi connectivity index (χ2n) is 8.13. The molecule has 2 atom stereocenters. The summed E-state index contributed by atoms with van der Waals surface area (Å²) in [5.74, 6) is 0.835. The molecule has 3 heteroatoms. The van der Waals surface area contributed by atoms with Gasteiger partial charge in [-0.25, -0.2) is 0 Å². The van der Waals surface area contributed by atoms with Gasteiger partial charge in [0.05, 0.1) is 18.8 Å². The van der Waals surface area contributed by atoms with Crippen LogP contribution in [-0.2, 0) is 9.47 Å². The van der Waals surface area contributed by atoms with Crippen molar-refractivity contribution < 1.29 is 9.47 Å². The lowest BCUT2D eigenvalue weighted by molar-refractivity contribution is -0.0153. The van der Waals surface area contributed by atoms with Crippen LogP contribution in [0.25, 0.3) is 0 Å². The second-order valence-corrected chi connectivity index (χ2v) is 8.13. The third-order valence-corrected chi connectivity index (χ3v) is 5.65. The monoisotopic (exact) mass is 339 g/mol. The van der Waals surface area contributed by atoms with Crippen LogP contribution in [0, 0.1) is 5.92 Å². The SMILES string of the molecule is CC(C)OC1CCCC1CCCCCCCOCCN1CCCC1. The van der Waals surface area contributed by atoms with Crippen LogP contribution in [0.5, 0.6) is 0 Å². The number of ether oxygens (including phenoxy) is 2. The third kappa shape index (κ3) is 8.31. The molecule has 142 valence electrons. The summed E-state index contributed by atoms with van der Waals surface area (Å²) in [6.45, 7) is 9.94. The van der Waals surface area contributed by atoms with E-state index in [4.69, 9.17) is 9.47 Å². The van der Waals surface area contributed by atoms with Gasteiger partial charge in [-0.15, -0.1) is 0 Å². The molecule has 2 rings (SSSR count). The maximum atomic E-state index is 6.07. The smallest absolute Gasteiger partial charge is 0.0606 e. The van der Waals surface area contributed by atoms with Gasteiger partial charge in [0.2, 0.25) is 0 Å².